The third-order valence-electron chi connectivity index (χ3n) is 4.26. The van der Waals surface area contributed by atoms with Crippen molar-refractivity contribution in [1.29, 1.82) is 0 Å². The highest BCUT2D eigenvalue weighted by atomic mass is 16.5. The van der Waals surface area contributed by atoms with Crippen molar-refractivity contribution < 1.29 is 4.74 Å². The van der Waals surface area contributed by atoms with Crippen molar-refractivity contribution in [2.45, 2.75) is 31.8 Å². The van der Waals surface area contributed by atoms with Gasteiger partial charge in [-0.15, -0.1) is 0 Å². The van der Waals surface area contributed by atoms with Crippen LogP contribution in [0.15, 0.2) is 4.99 Å². The highest BCUT2D eigenvalue weighted by molar-refractivity contribution is 5.77. The van der Waals surface area contributed by atoms with Crippen LogP contribution in [0.5, 0.6) is 0 Å². The molecule has 6 heteroatoms. The molecule has 1 atom stereocenters. The summed E-state index contributed by atoms with van der Waals surface area (Å²) in [5.41, 5.74) is 5.88. The number of hydrogen-bond donors (Lipinski definition) is 2. The zero-order chi connectivity index (χ0) is 14.9. The van der Waals surface area contributed by atoms with E-state index in [9.17, 15) is 0 Å². The average Bonchev–Trinajstić information content (AvgIpc) is 2.91. The molecule has 0 aromatic rings. The summed E-state index contributed by atoms with van der Waals surface area (Å²) in [6, 6.07) is 0. The van der Waals surface area contributed by atoms with E-state index in [0.29, 0.717) is 12.5 Å². The second-order valence-corrected chi connectivity index (χ2v) is 6.14. The van der Waals surface area contributed by atoms with Gasteiger partial charge >= 0.3 is 0 Å². The highest BCUT2D eigenvalue weighted by Crippen LogP contribution is 2.11. The molecule has 2 heterocycles. The van der Waals surface area contributed by atoms with E-state index in [0.717, 1.165) is 39.0 Å². The Morgan fingerprint density at radius 3 is 3.00 bits per heavy atom. The number of rotatable bonds is 6. The maximum absolute atomic E-state index is 5.88. The number of aliphatic imine (C=N–C) groups is 1. The van der Waals surface area contributed by atoms with Crippen LogP contribution in [0.1, 0.15) is 25.7 Å². The smallest absolute Gasteiger partial charge is 0.188 e. The van der Waals surface area contributed by atoms with E-state index >= 15 is 0 Å². The Kier molecular flexibility index (Phi) is 7.26. The van der Waals surface area contributed by atoms with Gasteiger partial charge in [0.15, 0.2) is 5.96 Å². The number of guanidine groups is 1. The fourth-order valence-electron chi connectivity index (χ4n) is 2.89. The van der Waals surface area contributed by atoms with Crippen molar-refractivity contribution in [3.63, 3.8) is 0 Å². The van der Waals surface area contributed by atoms with Gasteiger partial charge in [0, 0.05) is 26.2 Å². The summed E-state index contributed by atoms with van der Waals surface area (Å²) in [5.74, 6) is 0.557. The number of nitrogens with zero attached hydrogens (tertiary/aromatic N) is 3. The summed E-state index contributed by atoms with van der Waals surface area (Å²) in [7, 11) is 2.20. The van der Waals surface area contributed by atoms with Crippen molar-refractivity contribution in [1.82, 2.24) is 15.1 Å². The van der Waals surface area contributed by atoms with Crippen molar-refractivity contribution in [2.24, 2.45) is 10.7 Å². The molecule has 2 aliphatic rings. The molecule has 0 bridgehead atoms. The first kappa shape index (κ1) is 16.5. The van der Waals surface area contributed by atoms with Crippen LogP contribution in [-0.4, -0.2) is 81.3 Å². The molecule has 6 nitrogen and oxygen atoms in total. The number of nitrogens with two attached hydrogens (primary N) is 1. The number of ether oxygens (including phenoxy) is 1. The Morgan fingerprint density at radius 2 is 2.19 bits per heavy atom. The van der Waals surface area contributed by atoms with Gasteiger partial charge in [-0.05, 0) is 52.4 Å². The van der Waals surface area contributed by atoms with E-state index < -0.39 is 0 Å². The lowest BCUT2D eigenvalue weighted by atomic mass is 10.2. The topological polar surface area (TPSA) is 66.1 Å². The molecule has 0 amide bonds. The van der Waals surface area contributed by atoms with Crippen LogP contribution < -0.4 is 11.1 Å². The maximum Gasteiger partial charge on any atom is 0.188 e. The molecule has 0 aromatic heterocycles. The van der Waals surface area contributed by atoms with E-state index in [2.05, 4.69) is 27.2 Å². The predicted octanol–water partition coefficient (Wildman–Crippen LogP) is 0.0973. The molecule has 0 spiro atoms. The molecular weight excluding hydrogens is 266 g/mol. The van der Waals surface area contributed by atoms with Crippen molar-refractivity contribution in [3.8, 4) is 0 Å². The monoisotopic (exact) mass is 297 g/mol. The third kappa shape index (κ3) is 6.63. The van der Waals surface area contributed by atoms with Gasteiger partial charge in [-0.3, -0.25) is 4.99 Å². The molecule has 3 N–H and O–H groups in total. The van der Waals surface area contributed by atoms with Crippen LogP contribution in [0.2, 0.25) is 0 Å². The van der Waals surface area contributed by atoms with Gasteiger partial charge in [-0.2, -0.15) is 0 Å². The summed E-state index contributed by atoms with van der Waals surface area (Å²) in [6.07, 6.45) is 4.92. The number of nitrogens with one attached hydrogen (secondary N) is 1. The largest absolute Gasteiger partial charge is 0.376 e. The van der Waals surface area contributed by atoms with E-state index in [1.54, 1.807) is 0 Å². The first-order chi connectivity index (χ1) is 10.2. The lowest BCUT2D eigenvalue weighted by Crippen LogP contribution is -2.36. The standard InChI is InChI=1S/C15H31N5O/c1-19-7-4-9-20(11-10-19)8-3-6-17-15(16)18-13-14-5-2-12-21-14/h14H,2-13H2,1H3,(H3,16,17,18). The van der Waals surface area contributed by atoms with Crippen LogP contribution in [0.4, 0.5) is 0 Å². The van der Waals surface area contributed by atoms with Crippen molar-refractivity contribution in [2.75, 3.05) is 59.5 Å². The Balaban J connectivity index is 1.53. The zero-order valence-electron chi connectivity index (χ0n) is 13.4. The summed E-state index contributed by atoms with van der Waals surface area (Å²) in [5, 5.41) is 3.21. The molecule has 122 valence electrons. The molecule has 0 saturated carbocycles. The van der Waals surface area contributed by atoms with Crippen LogP contribution in [0.25, 0.3) is 0 Å². The number of likely N-dealkylation sites (N-methyl/N-ethyl adjacent to an activating group) is 1. The minimum absolute atomic E-state index is 0.277. The predicted molar refractivity (Wildman–Crippen MR) is 86.6 cm³/mol. The molecular formula is C15H31N5O. The van der Waals surface area contributed by atoms with E-state index in [4.69, 9.17) is 10.5 Å². The average molecular weight is 297 g/mol. The Morgan fingerprint density at radius 1 is 1.29 bits per heavy atom. The molecule has 0 aliphatic carbocycles. The Bertz CT molecular complexity index is 317. The van der Waals surface area contributed by atoms with Gasteiger partial charge in [0.1, 0.15) is 0 Å². The zero-order valence-corrected chi connectivity index (χ0v) is 13.4. The van der Waals surface area contributed by atoms with E-state index in [1.807, 2.05) is 0 Å². The minimum atomic E-state index is 0.277. The molecule has 2 aliphatic heterocycles. The lowest BCUT2D eigenvalue weighted by molar-refractivity contribution is 0.118. The SMILES string of the molecule is CN1CCCN(CCCNC(N)=NCC2CCCO2)CC1. The first-order valence-corrected chi connectivity index (χ1v) is 8.30. The van der Waals surface area contributed by atoms with Crippen molar-refractivity contribution >= 4 is 5.96 Å². The normalized spacial score (nSPS) is 26.0. The molecule has 2 fully saturated rings. The fraction of sp³-hybridized carbons (Fsp3) is 0.933. The molecule has 21 heavy (non-hydrogen) atoms. The van der Waals surface area contributed by atoms with Crippen LogP contribution >= 0.6 is 0 Å². The Labute approximate surface area is 128 Å². The molecule has 1 unspecified atom stereocenters. The molecule has 0 radical (unpaired) electrons. The second-order valence-electron chi connectivity index (χ2n) is 6.14. The van der Waals surface area contributed by atoms with Gasteiger partial charge in [0.2, 0.25) is 0 Å². The van der Waals surface area contributed by atoms with Crippen LogP contribution in [0.3, 0.4) is 0 Å². The maximum atomic E-state index is 5.88. The molecule has 2 saturated heterocycles. The van der Waals surface area contributed by atoms with E-state index in [-0.39, 0.29) is 6.10 Å². The minimum Gasteiger partial charge on any atom is -0.376 e. The summed E-state index contributed by atoms with van der Waals surface area (Å²) >= 11 is 0. The number of hydrogen-bond acceptors (Lipinski definition) is 4. The highest BCUT2D eigenvalue weighted by Gasteiger charge is 2.14. The first-order valence-electron chi connectivity index (χ1n) is 8.30. The summed E-state index contributed by atoms with van der Waals surface area (Å²) in [6.45, 7) is 8.39. The molecule has 2 rings (SSSR count). The van der Waals surface area contributed by atoms with E-state index in [1.165, 1.54) is 32.6 Å². The van der Waals surface area contributed by atoms with Crippen LogP contribution in [-0.2, 0) is 4.74 Å². The van der Waals surface area contributed by atoms with Gasteiger partial charge in [0.25, 0.3) is 0 Å². The Hall–Kier alpha value is -0.850. The fourth-order valence-corrected chi connectivity index (χ4v) is 2.89. The summed E-state index contributed by atoms with van der Waals surface area (Å²) < 4.78 is 5.53. The lowest BCUT2D eigenvalue weighted by Gasteiger charge is -2.20. The van der Waals surface area contributed by atoms with Crippen LogP contribution in [0, 0.1) is 0 Å². The second kappa shape index (κ2) is 9.23. The third-order valence-corrected chi connectivity index (χ3v) is 4.26. The van der Waals surface area contributed by atoms with Crippen molar-refractivity contribution in [3.05, 3.63) is 0 Å². The van der Waals surface area contributed by atoms with Gasteiger partial charge in [0.05, 0.1) is 12.6 Å². The van der Waals surface area contributed by atoms with Gasteiger partial charge in [-0.25, -0.2) is 0 Å². The summed E-state index contributed by atoms with van der Waals surface area (Å²) in [4.78, 5) is 9.31. The van der Waals surface area contributed by atoms with Gasteiger partial charge < -0.3 is 25.6 Å². The van der Waals surface area contributed by atoms with Gasteiger partial charge in [-0.1, -0.05) is 0 Å². The molecule has 0 aromatic carbocycles. The quantitative estimate of drug-likeness (QED) is 0.413.